The molecule has 0 bridgehead atoms. The number of fused-ring (bicyclic) bond motifs is 1. The van der Waals surface area contributed by atoms with E-state index in [1.54, 1.807) is 24.3 Å². The Kier molecular flexibility index (Phi) is 5.21. The van der Waals surface area contributed by atoms with Crippen LogP contribution < -0.4 is 15.4 Å². The van der Waals surface area contributed by atoms with E-state index < -0.39 is 0 Å². The quantitative estimate of drug-likeness (QED) is 0.641. The van der Waals surface area contributed by atoms with Gasteiger partial charge in [0.2, 0.25) is 0 Å². The third-order valence-corrected chi connectivity index (χ3v) is 5.25. The summed E-state index contributed by atoms with van der Waals surface area (Å²) in [6.45, 7) is 1.93. The highest BCUT2D eigenvalue weighted by Crippen LogP contribution is 2.21. The van der Waals surface area contributed by atoms with E-state index in [4.69, 9.17) is 4.74 Å². The molecule has 0 spiro atoms. The average Bonchev–Trinajstić information content (AvgIpc) is 3.39. The summed E-state index contributed by atoms with van der Waals surface area (Å²) in [5.41, 5.74) is 2.21. The lowest BCUT2D eigenvalue weighted by Gasteiger charge is -2.15. The Hall–Kier alpha value is -3.00. The Bertz CT molecular complexity index is 998. The number of amides is 2. The van der Waals surface area contributed by atoms with Gasteiger partial charge in [0.25, 0.3) is 11.8 Å². The minimum atomic E-state index is -0.177. The van der Waals surface area contributed by atoms with Gasteiger partial charge in [-0.1, -0.05) is 16.6 Å². The maximum absolute atomic E-state index is 12.5. The van der Waals surface area contributed by atoms with Crippen molar-refractivity contribution >= 4 is 33.6 Å². The molecule has 1 aliphatic rings. The van der Waals surface area contributed by atoms with Crippen molar-refractivity contribution in [2.45, 2.75) is 31.8 Å². The Morgan fingerprint density at radius 1 is 1.21 bits per heavy atom. The maximum Gasteiger partial charge on any atom is 0.258 e. The smallest absolute Gasteiger partial charge is 0.258 e. The number of aromatic nitrogens is 2. The molecule has 28 heavy (non-hydrogen) atoms. The van der Waals surface area contributed by atoms with Gasteiger partial charge in [0.1, 0.15) is 11.3 Å². The summed E-state index contributed by atoms with van der Waals surface area (Å²) in [5.74, 6) is 0.355. The monoisotopic (exact) mass is 396 g/mol. The molecule has 2 aromatic carbocycles. The Morgan fingerprint density at radius 2 is 2.00 bits per heavy atom. The highest BCUT2D eigenvalue weighted by Gasteiger charge is 2.23. The van der Waals surface area contributed by atoms with E-state index in [9.17, 15) is 9.59 Å². The van der Waals surface area contributed by atoms with Gasteiger partial charge < -0.3 is 15.4 Å². The molecule has 3 aromatic rings. The van der Waals surface area contributed by atoms with Crippen LogP contribution in [-0.2, 0) is 4.79 Å². The molecule has 1 heterocycles. The van der Waals surface area contributed by atoms with Gasteiger partial charge in [0.05, 0.1) is 10.7 Å². The molecule has 144 valence electrons. The van der Waals surface area contributed by atoms with Crippen LogP contribution in [0.25, 0.3) is 10.2 Å². The summed E-state index contributed by atoms with van der Waals surface area (Å²) in [6.07, 6.45) is 2.11. The first-order chi connectivity index (χ1) is 13.6. The highest BCUT2D eigenvalue weighted by molar-refractivity contribution is 7.12. The minimum absolute atomic E-state index is 0.0100. The molecule has 1 atom stereocenters. The van der Waals surface area contributed by atoms with Gasteiger partial charge in [0, 0.05) is 11.6 Å². The van der Waals surface area contributed by atoms with Crippen LogP contribution in [0.1, 0.15) is 41.7 Å². The molecule has 0 saturated heterocycles. The normalized spacial score (nSPS) is 14.5. The zero-order chi connectivity index (χ0) is 19.5. The van der Waals surface area contributed by atoms with Crippen LogP contribution in [-0.4, -0.2) is 34.1 Å². The highest BCUT2D eigenvalue weighted by atomic mass is 32.1. The first kappa shape index (κ1) is 18.4. The number of nitrogens with zero attached hydrogens (tertiary/aromatic N) is 2. The van der Waals surface area contributed by atoms with Gasteiger partial charge in [-0.2, -0.15) is 0 Å². The largest absolute Gasteiger partial charge is 0.484 e. The number of benzene rings is 2. The van der Waals surface area contributed by atoms with Crippen molar-refractivity contribution in [1.29, 1.82) is 0 Å². The Morgan fingerprint density at radius 3 is 2.75 bits per heavy atom. The molecule has 1 aromatic heterocycles. The second kappa shape index (κ2) is 7.93. The van der Waals surface area contributed by atoms with Crippen molar-refractivity contribution in [2.24, 2.45) is 0 Å². The summed E-state index contributed by atoms with van der Waals surface area (Å²) in [4.78, 5) is 24.2. The van der Waals surface area contributed by atoms with E-state index in [1.165, 1.54) is 11.5 Å². The lowest BCUT2D eigenvalue weighted by atomic mass is 10.1. The van der Waals surface area contributed by atoms with Gasteiger partial charge in [-0.3, -0.25) is 9.59 Å². The number of carbonyl (C=O) groups is 2. The number of ether oxygens (including phenoxy) is 1. The lowest BCUT2D eigenvalue weighted by Crippen LogP contribution is -2.30. The van der Waals surface area contributed by atoms with E-state index in [0.29, 0.717) is 17.4 Å². The Balaban J connectivity index is 1.32. The molecule has 1 unspecified atom stereocenters. The first-order valence-corrected chi connectivity index (χ1v) is 9.91. The van der Waals surface area contributed by atoms with Crippen LogP contribution in [0, 0.1) is 0 Å². The molecule has 1 fully saturated rings. The SMILES string of the molecule is CC(NC(=O)c1ccc2snnc2c1)c1ccc(OCC(=O)NC2CC2)cc1. The lowest BCUT2D eigenvalue weighted by molar-refractivity contribution is -0.123. The topological polar surface area (TPSA) is 93.2 Å². The average molecular weight is 396 g/mol. The Labute approximate surface area is 166 Å². The van der Waals surface area contributed by atoms with E-state index in [0.717, 1.165) is 28.6 Å². The van der Waals surface area contributed by atoms with Crippen LogP contribution in [0.2, 0.25) is 0 Å². The number of carbonyl (C=O) groups excluding carboxylic acids is 2. The van der Waals surface area contributed by atoms with Gasteiger partial charge >= 0.3 is 0 Å². The van der Waals surface area contributed by atoms with Crippen LogP contribution in [0.15, 0.2) is 42.5 Å². The van der Waals surface area contributed by atoms with Crippen LogP contribution in [0.4, 0.5) is 0 Å². The van der Waals surface area contributed by atoms with Crippen molar-refractivity contribution in [3.05, 3.63) is 53.6 Å². The maximum atomic E-state index is 12.5. The molecule has 2 N–H and O–H groups in total. The van der Waals surface area contributed by atoms with Gasteiger partial charge in [-0.15, -0.1) is 5.10 Å². The zero-order valence-electron chi connectivity index (χ0n) is 15.3. The molecular formula is C20H20N4O3S. The third kappa shape index (κ3) is 4.45. The van der Waals surface area contributed by atoms with Crippen molar-refractivity contribution in [1.82, 2.24) is 20.2 Å². The van der Waals surface area contributed by atoms with Gasteiger partial charge in [0.15, 0.2) is 6.61 Å². The number of nitrogens with one attached hydrogen (secondary N) is 2. The van der Waals surface area contributed by atoms with E-state index >= 15 is 0 Å². The summed E-state index contributed by atoms with van der Waals surface area (Å²) in [7, 11) is 0. The number of rotatable bonds is 7. The summed E-state index contributed by atoms with van der Waals surface area (Å²) >= 11 is 1.30. The summed E-state index contributed by atoms with van der Waals surface area (Å²) in [6, 6.07) is 12.9. The fourth-order valence-electron chi connectivity index (χ4n) is 2.78. The van der Waals surface area contributed by atoms with Gasteiger partial charge in [-0.05, 0) is 67.2 Å². The second-order valence-electron chi connectivity index (χ2n) is 6.85. The van der Waals surface area contributed by atoms with E-state index in [-0.39, 0.29) is 24.5 Å². The molecular weight excluding hydrogens is 376 g/mol. The van der Waals surface area contributed by atoms with E-state index in [2.05, 4.69) is 20.2 Å². The van der Waals surface area contributed by atoms with E-state index in [1.807, 2.05) is 25.1 Å². The first-order valence-electron chi connectivity index (χ1n) is 9.13. The second-order valence-corrected chi connectivity index (χ2v) is 7.64. The number of hydrogen-bond acceptors (Lipinski definition) is 6. The molecule has 1 saturated carbocycles. The van der Waals surface area contributed by atoms with Crippen LogP contribution in [0.5, 0.6) is 5.75 Å². The predicted octanol–water partition coefficient (Wildman–Crippen LogP) is 2.84. The van der Waals surface area contributed by atoms with Crippen LogP contribution in [0.3, 0.4) is 0 Å². The molecule has 4 rings (SSSR count). The van der Waals surface area contributed by atoms with Crippen molar-refractivity contribution in [3.63, 3.8) is 0 Å². The standard InChI is InChI=1S/C20H20N4O3S/c1-12(21-20(26)14-4-9-18-17(10-14)23-24-28-18)13-2-7-16(8-3-13)27-11-19(25)22-15-5-6-15/h2-4,7-10,12,15H,5-6,11H2,1H3,(H,21,26)(H,22,25). The molecule has 7 nitrogen and oxygen atoms in total. The minimum Gasteiger partial charge on any atom is -0.484 e. The summed E-state index contributed by atoms with van der Waals surface area (Å²) in [5, 5.41) is 9.86. The third-order valence-electron chi connectivity index (χ3n) is 4.55. The molecule has 2 amide bonds. The fourth-order valence-corrected chi connectivity index (χ4v) is 3.32. The zero-order valence-corrected chi connectivity index (χ0v) is 16.2. The molecule has 0 aliphatic heterocycles. The van der Waals surface area contributed by atoms with Crippen LogP contribution >= 0.6 is 11.5 Å². The predicted molar refractivity (Wildman–Crippen MR) is 106 cm³/mol. The van der Waals surface area contributed by atoms with Gasteiger partial charge in [-0.25, -0.2) is 0 Å². The van der Waals surface area contributed by atoms with Crippen molar-refractivity contribution < 1.29 is 14.3 Å². The molecule has 1 aliphatic carbocycles. The van der Waals surface area contributed by atoms with Crippen molar-refractivity contribution in [2.75, 3.05) is 6.61 Å². The summed E-state index contributed by atoms with van der Waals surface area (Å²) < 4.78 is 10.3. The number of hydrogen-bond donors (Lipinski definition) is 2. The van der Waals surface area contributed by atoms with Crippen molar-refractivity contribution in [3.8, 4) is 5.75 Å². The molecule has 8 heteroatoms. The fraction of sp³-hybridized carbons (Fsp3) is 0.300. The molecule has 0 radical (unpaired) electrons.